The van der Waals surface area contributed by atoms with Gasteiger partial charge in [-0.1, -0.05) is 17.7 Å². The average Bonchev–Trinajstić information content (AvgIpc) is 2.43. The van der Waals surface area contributed by atoms with Crippen molar-refractivity contribution in [1.82, 2.24) is 0 Å². The first-order valence-electron chi connectivity index (χ1n) is 5.55. The fourth-order valence-corrected chi connectivity index (χ4v) is 1.90. The molecule has 0 heterocycles. The Balaban J connectivity index is 2.41. The largest absolute Gasteiger partial charge is 0.495 e. The maximum Gasteiger partial charge on any atom is 0.143 e. The van der Waals surface area contributed by atoms with Gasteiger partial charge < -0.3 is 15.8 Å². The van der Waals surface area contributed by atoms with Crippen LogP contribution in [0.3, 0.4) is 0 Å². The van der Waals surface area contributed by atoms with Gasteiger partial charge in [0.2, 0.25) is 0 Å². The Morgan fingerprint density at radius 1 is 1.32 bits per heavy atom. The van der Waals surface area contributed by atoms with Crippen LogP contribution in [0.25, 0.3) is 0 Å². The number of nitriles is 1. The zero-order chi connectivity index (χ0) is 13.8. The van der Waals surface area contributed by atoms with E-state index in [-0.39, 0.29) is 0 Å². The van der Waals surface area contributed by atoms with Gasteiger partial charge in [-0.3, -0.25) is 0 Å². The Hall–Kier alpha value is -2.38. The van der Waals surface area contributed by atoms with Crippen molar-refractivity contribution in [3.8, 4) is 11.8 Å². The second-order valence-corrected chi connectivity index (χ2v) is 4.26. The predicted molar refractivity (Wildman–Crippen MR) is 76.9 cm³/mol. The maximum atomic E-state index is 8.86. The summed E-state index contributed by atoms with van der Waals surface area (Å²) in [6, 6.07) is 12.4. The second kappa shape index (κ2) is 5.51. The Kier molecular flexibility index (Phi) is 3.79. The molecular weight excluding hydrogens is 262 g/mol. The standard InChI is InChI=1S/C14H12ClN3O/c1-19-13-7-9(8-16)5-6-12(13)18-14-10(15)3-2-4-11(14)17/h2-7,18H,17H2,1H3. The molecule has 0 aliphatic rings. The van der Waals surface area contributed by atoms with Gasteiger partial charge in [-0.2, -0.15) is 5.26 Å². The molecule has 0 unspecified atom stereocenters. The summed E-state index contributed by atoms with van der Waals surface area (Å²) in [6.07, 6.45) is 0. The molecule has 19 heavy (non-hydrogen) atoms. The van der Waals surface area contributed by atoms with Gasteiger partial charge in [0.15, 0.2) is 0 Å². The van der Waals surface area contributed by atoms with E-state index in [9.17, 15) is 0 Å². The molecule has 2 aromatic rings. The topological polar surface area (TPSA) is 71.1 Å². The fourth-order valence-electron chi connectivity index (χ4n) is 1.67. The molecular formula is C14H12ClN3O. The molecule has 0 saturated carbocycles. The van der Waals surface area contributed by atoms with Crippen molar-refractivity contribution < 1.29 is 4.74 Å². The van der Waals surface area contributed by atoms with Crippen molar-refractivity contribution in [3.63, 3.8) is 0 Å². The van der Waals surface area contributed by atoms with Crippen LogP contribution in [0.4, 0.5) is 17.1 Å². The number of nitrogens with one attached hydrogen (secondary N) is 1. The zero-order valence-electron chi connectivity index (χ0n) is 10.3. The van der Waals surface area contributed by atoms with Gasteiger partial charge in [0.1, 0.15) is 5.75 Å². The molecule has 0 aromatic heterocycles. The first-order valence-corrected chi connectivity index (χ1v) is 5.92. The summed E-state index contributed by atoms with van der Waals surface area (Å²) < 4.78 is 5.24. The number of halogens is 1. The van der Waals surface area contributed by atoms with Crippen LogP contribution < -0.4 is 15.8 Å². The third kappa shape index (κ3) is 2.72. The lowest BCUT2D eigenvalue weighted by molar-refractivity contribution is 0.416. The number of nitrogens with two attached hydrogens (primary N) is 1. The third-order valence-electron chi connectivity index (χ3n) is 2.64. The van der Waals surface area contributed by atoms with Crippen molar-refractivity contribution in [2.24, 2.45) is 0 Å². The molecule has 96 valence electrons. The van der Waals surface area contributed by atoms with Crippen LogP contribution >= 0.6 is 11.6 Å². The van der Waals surface area contributed by atoms with Gasteiger partial charge in [-0.15, -0.1) is 0 Å². The highest BCUT2D eigenvalue weighted by molar-refractivity contribution is 6.34. The zero-order valence-corrected chi connectivity index (χ0v) is 11.0. The van der Waals surface area contributed by atoms with Gasteiger partial charge in [-0.05, 0) is 24.3 Å². The maximum absolute atomic E-state index is 8.86. The SMILES string of the molecule is COc1cc(C#N)ccc1Nc1c(N)cccc1Cl. The molecule has 0 amide bonds. The molecule has 0 fully saturated rings. The molecule has 0 bridgehead atoms. The number of hydrogen-bond acceptors (Lipinski definition) is 4. The Morgan fingerprint density at radius 2 is 2.11 bits per heavy atom. The fraction of sp³-hybridized carbons (Fsp3) is 0.0714. The molecule has 3 N–H and O–H groups in total. The third-order valence-corrected chi connectivity index (χ3v) is 2.95. The van der Waals surface area contributed by atoms with Crippen molar-refractivity contribution in [2.75, 3.05) is 18.2 Å². The Bertz CT molecular complexity index is 629. The summed E-state index contributed by atoms with van der Waals surface area (Å²) in [6.45, 7) is 0. The minimum absolute atomic E-state index is 0.520. The number of methoxy groups -OCH3 is 1. The molecule has 2 rings (SSSR count). The predicted octanol–water partition coefficient (Wildman–Crippen LogP) is 3.55. The minimum Gasteiger partial charge on any atom is -0.495 e. The first-order chi connectivity index (χ1) is 9.15. The summed E-state index contributed by atoms with van der Waals surface area (Å²) in [4.78, 5) is 0. The number of hydrogen-bond donors (Lipinski definition) is 2. The number of nitrogens with zero attached hydrogens (tertiary/aromatic N) is 1. The molecule has 0 spiro atoms. The summed E-state index contributed by atoms with van der Waals surface area (Å²) in [5.74, 6) is 0.554. The van der Waals surface area contributed by atoms with E-state index in [0.717, 1.165) is 0 Å². The summed E-state index contributed by atoms with van der Waals surface area (Å²) in [7, 11) is 1.54. The lowest BCUT2D eigenvalue weighted by Gasteiger charge is -2.14. The lowest BCUT2D eigenvalue weighted by Crippen LogP contribution is -1.99. The molecule has 0 aliphatic heterocycles. The molecule has 2 aromatic carbocycles. The van der Waals surface area contributed by atoms with Gasteiger partial charge in [0.25, 0.3) is 0 Å². The highest BCUT2D eigenvalue weighted by Crippen LogP contribution is 2.34. The highest BCUT2D eigenvalue weighted by atomic mass is 35.5. The number of rotatable bonds is 3. The summed E-state index contributed by atoms with van der Waals surface area (Å²) in [5, 5.41) is 12.5. The monoisotopic (exact) mass is 273 g/mol. The number of benzene rings is 2. The smallest absolute Gasteiger partial charge is 0.143 e. The first kappa shape index (κ1) is 13.1. The Labute approximate surface area is 116 Å². The van der Waals surface area contributed by atoms with Crippen LogP contribution in [-0.4, -0.2) is 7.11 Å². The molecule has 4 nitrogen and oxygen atoms in total. The lowest BCUT2D eigenvalue weighted by atomic mass is 10.2. The van der Waals surface area contributed by atoms with Crippen molar-refractivity contribution in [2.45, 2.75) is 0 Å². The van der Waals surface area contributed by atoms with Crippen LogP contribution in [0.5, 0.6) is 5.75 Å². The molecule has 0 aliphatic carbocycles. The molecule has 0 atom stereocenters. The normalized spacial score (nSPS) is 9.74. The Morgan fingerprint density at radius 3 is 2.74 bits per heavy atom. The van der Waals surface area contributed by atoms with E-state index < -0.39 is 0 Å². The van der Waals surface area contributed by atoms with Crippen molar-refractivity contribution >= 4 is 28.7 Å². The van der Waals surface area contributed by atoms with E-state index in [1.165, 1.54) is 7.11 Å². The van der Waals surface area contributed by atoms with Crippen LogP contribution in [0.15, 0.2) is 36.4 Å². The van der Waals surface area contributed by atoms with Crippen LogP contribution in [0, 0.1) is 11.3 Å². The molecule has 0 saturated heterocycles. The van der Waals surface area contributed by atoms with E-state index in [4.69, 9.17) is 27.3 Å². The van der Waals surface area contributed by atoms with E-state index in [1.807, 2.05) is 0 Å². The van der Waals surface area contributed by atoms with E-state index in [0.29, 0.717) is 33.4 Å². The molecule has 5 heteroatoms. The summed E-state index contributed by atoms with van der Waals surface area (Å²) >= 11 is 6.10. The van der Waals surface area contributed by atoms with Crippen LogP contribution in [0.1, 0.15) is 5.56 Å². The number of ether oxygens (including phenoxy) is 1. The molecule has 0 radical (unpaired) electrons. The number of para-hydroxylation sites is 1. The van der Waals surface area contributed by atoms with Crippen molar-refractivity contribution in [3.05, 3.63) is 47.0 Å². The average molecular weight is 274 g/mol. The minimum atomic E-state index is 0.520. The van der Waals surface area contributed by atoms with E-state index in [2.05, 4.69) is 11.4 Å². The van der Waals surface area contributed by atoms with Gasteiger partial charge in [0, 0.05) is 6.07 Å². The van der Waals surface area contributed by atoms with Crippen LogP contribution in [0.2, 0.25) is 5.02 Å². The van der Waals surface area contributed by atoms with Crippen LogP contribution in [-0.2, 0) is 0 Å². The van der Waals surface area contributed by atoms with E-state index in [1.54, 1.807) is 36.4 Å². The second-order valence-electron chi connectivity index (χ2n) is 3.86. The van der Waals surface area contributed by atoms with Gasteiger partial charge in [-0.25, -0.2) is 0 Å². The van der Waals surface area contributed by atoms with Gasteiger partial charge >= 0.3 is 0 Å². The van der Waals surface area contributed by atoms with E-state index >= 15 is 0 Å². The van der Waals surface area contributed by atoms with Gasteiger partial charge in [0.05, 0.1) is 40.8 Å². The number of nitrogen functional groups attached to an aromatic ring is 1. The number of anilines is 3. The summed E-state index contributed by atoms with van der Waals surface area (Å²) in [5.41, 5.74) is 8.25. The van der Waals surface area contributed by atoms with Crippen molar-refractivity contribution in [1.29, 1.82) is 5.26 Å². The highest BCUT2D eigenvalue weighted by Gasteiger charge is 2.09. The quantitative estimate of drug-likeness (QED) is 0.839.